The van der Waals surface area contributed by atoms with Crippen LogP contribution in [0.4, 0.5) is 0 Å². The maximum atomic E-state index is 3.69. The van der Waals surface area contributed by atoms with Crippen molar-refractivity contribution in [1.82, 2.24) is 5.32 Å². The lowest BCUT2D eigenvalue weighted by molar-refractivity contribution is 0.433. The zero-order chi connectivity index (χ0) is 10.7. The van der Waals surface area contributed by atoms with Gasteiger partial charge in [-0.15, -0.1) is 0 Å². The first-order valence-electron chi connectivity index (χ1n) is 6.02. The Labute approximate surface area is 92.9 Å². The molecule has 1 aliphatic carbocycles. The van der Waals surface area contributed by atoms with Gasteiger partial charge >= 0.3 is 0 Å². The molecular weight excluding hydrogens is 182 g/mol. The first-order chi connectivity index (χ1) is 7.23. The molecule has 82 valence electrons. The molecule has 0 bridgehead atoms. The molecule has 1 unspecified atom stereocenters. The molecule has 1 aliphatic rings. The van der Waals surface area contributed by atoms with Gasteiger partial charge in [0.25, 0.3) is 0 Å². The van der Waals surface area contributed by atoms with Crippen molar-refractivity contribution in [3.8, 4) is 0 Å². The minimum atomic E-state index is 0.531. The highest BCUT2D eigenvalue weighted by Gasteiger charge is 2.37. The lowest BCUT2D eigenvalue weighted by Crippen LogP contribution is -2.26. The van der Waals surface area contributed by atoms with E-state index >= 15 is 0 Å². The lowest BCUT2D eigenvalue weighted by Gasteiger charge is -2.20. The van der Waals surface area contributed by atoms with Crippen LogP contribution < -0.4 is 5.32 Å². The van der Waals surface area contributed by atoms with Gasteiger partial charge in [-0.25, -0.2) is 0 Å². The monoisotopic (exact) mass is 203 g/mol. The normalized spacial score (nSPS) is 19.9. The first-order valence-corrected chi connectivity index (χ1v) is 6.02. The third-order valence-corrected chi connectivity index (χ3v) is 3.49. The van der Waals surface area contributed by atoms with E-state index in [2.05, 4.69) is 49.5 Å². The van der Waals surface area contributed by atoms with Crippen LogP contribution in [0.15, 0.2) is 30.3 Å². The summed E-state index contributed by atoms with van der Waals surface area (Å²) in [5.41, 5.74) is 2.02. The average Bonchev–Trinajstić information content (AvgIpc) is 2.99. The number of rotatable bonds is 5. The van der Waals surface area contributed by atoms with Crippen LogP contribution in [0.25, 0.3) is 0 Å². The lowest BCUT2D eigenvalue weighted by atomic mass is 10.0. The quantitative estimate of drug-likeness (QED) is 0.772. The number of hydrogen-bond acceptors (Lipinski definition) is 1. The summed E-state index contributed by atoms with van der Waals surface area (Å²) in [6.45, 7) is 5.79. The summed E-state index contributed by atoms with van der Waals surface area (Å²) in [5.74, 6) is 0. The average molecular weight is 203 g/mol. The van der Waals surface area contributed by atoms with Crippen LogP contribution in [0.3, 0.4) is 0 Å². The minimum absolute atomic E-state index is 0.531. The first kappa shape index (κ1) is 10.7. The second-order valence-electron chi connectivity index (χ2n) is 5.06. The van der Waals surface area contributed by atoms with Crippen molar-refractivity contribution in [3.05, 3.63) is 35.9 Å². The number of hydrogen-bond donors (Lipinski definition) is 1. The molecule has 0 aliphatic heterocycles. The maximum absolute atomic E-state index is 3.69. The van der Waals surface area contributed by atoms with Gasteiger partial charge in [-0.2, -0.15) is 0 Å². The largest absolute Gasteiger partial charge is 0.309 e. The molecule has 1 N–H and O–H groups in total. The van der Waals surface area contributed by atoms with Crippen LogP contribution in [0.2, 0.25) is 0 Å². The molecule has 0 radical (unpaired) electrons. The highest BCUT2D eigenvalue weighted by atomic mass is 14.9. The molecule has 1 heteroatoms. The third-order valence-electron chi connectivity index (χ3n) is 3.49. The highest BCUT2D eigenvalue weighted by Crippen LogP contribution is 2.44. The molecule has 1 saturated carbocycles. The summed E-state index contributed by atoms with van der Waals surface area (Å²) >= 11 is 0. The van der Waals surface area contributed by atoms with E-state index in [1.54, 1.807) is 0 Å². The Kier molecular flexibility index (Phi) is 3.11. The van der Waals surface area contributed by atoms with Crippen molar-refractivity contribution in [1.29, 1.82) is 0 Å². The molecule has 1 aromatic carbocycles. The van der Waals surface area contributed by atoms with Gasteiger partial charge in [0.1, 0.15) is 0 Å². The van der Waals surface area contributed by atoms with Crippen molar-refractivity contribution in [2.24, 2.45) is 5.41 Å². The molecule has 1 nitrogen and oxygen atoms in total. The molecule has 2 rings (SSSR count). The Hall–Kier alpha value is -0.820. The number of benzene rings is 1. The zero-order valence-electron chi connectivity index (χ0n) is 9.79. The van der Waals surface area contributed by atoms with Crippen molar-refractivity contribution >= 4 is 0 Å². The van der Waals surface area contributed by atoms with E-state index in [4.69, 9.17) is 0 Å². The van der Waals surface area contributed by atoms with Gasteiger partial charge in [-0.1, -0.05) is 44.2 Å². The maximum Gasteiger partial charge on any atom is 0.0317 e. The molecular formula is C14H21N. The van der Waals surface area contributed by atoms with E-state index in [0.717, 1.165) is 0 Å². The third kappa shape index (κ3) is 2.82. The molecule has 1 atom stereocenters. The van der Waals surface area contributed by atoms with E-state index in [9.17, 15) is 0 Å². The summed E-state index contributed by atoms with van der Waals surface area (Å²) in [6, 6.07) is 11.3. The highest BCUT2D eigenvalue weighted by molar-refractivity contribution is 5.18. The van der Waals surface area contributed by atoms with Crippen LogP contribution in [0, 0.1) is 5.41 Å². The summed E-state index contributed by atoms with van der Waals surface area (Å²) < 4.78 is 0. The van der Waals surface area contributed by atoms with E-state index in [0.29, 0.717) is 11.5 Å². The van der Waals surface area contributed by atoms with E-state index in [1.807, 2.05) is 0 Å². The van der Waals surface area contributed by atoms with Gasteiger partial charge in [0, 0.05) is 12.6 Å². The number of nitrogens with one attached hydrogen (secondary N) is 1. The summed E-state index contributed by atoms with van der Waals surface area (Å²) in [4.78, 5) is 0. The Bertz CT molecular complexity index is 300. The predicted octanol–water partition coefficient (Wildman–Crippen LogP) is 3.53. The Morgan fingerprint density at radius 2 is 1.93 bits per heavy atom. The van der Waals surface area contributed by atoms with E-state index in [1.165, 1.54) is 31.4 Å². The summed E-state index contributed by atoms with van der Waals surface area (Å²) in [7, 11) is 0. The van der Waals surface area contributed by atoms with Crippen LogP contribution in [-0.2, 0) is 0 Å². The topological polar surface area (TPSA) is 12.0 Å². The Balaban J connectivity index is 1.92. The van der Waals surface area contributed by atoms with Crippen molar-refractivity contribution < 1.29 is 0 Å². The van der Waals surface area contributed by atoms with Gasteiger partial charge in [-0.05, 0) is 30.2 Å². The van der Waals surface area contributed by atoms with Gasteiger partial charge in [0.2, 0.25) is 0 Å². The molecule has 0 saturated heterocycles. The molecule has 1 aromatic rings. The molecule has 1 fully saturated rings. The second-order valence-corrected chi connectivity index (χ2v) is 5.06. The Morgan fingerprint density at radius 1 is 1.27 bits per heavy atom. The Morgan fingerprint density at radius 3 is 2.47 bits per heavy atom. The van der Waals surface area contributed by atoms with Crippen molar-refractivity contribution in [2.75, 3.05) is 6.54 Å². The van der Waals surface area contributed by atoms with Crippen molar-refractivity contribution in [2.45, 2.75) is 39.2 Å². The van der Waals surface area contributed by atoms with Crippen molar-refractivity contribution in [3.63, 3.8) is 0 Å². The van der Waals surface area contributed by atoms with Gasteiger partial charge in [-0.3, -0.25) is 0 Å². The minimum Gasteiger partial charge on any atom is -0.309 e. The summed E-state index contributed by atoms with van der Waals surface area (Å²) in [6.07, 6.45) is 3.95. The van der Waals surface area contributed by atoms with Crippen LogP contribution >= 0.6 is 0 Å². The zero-order valence-corrected chi connectivity index (χ0v) is 9.79. The van der Waals surface area contributed by atoms with E-state index < -0.39 is 0 Å². The fourth-order valence-corrected chi connectivity index (χ4v) is 1.94. The smallest absolute Gasteiger partial charge is 0.0317 e. The van der Waals surface area contributed by atoms with Gasteiger partial charge in [0.05, 0.1) is 0 Å². The van der Waals surface area contributed by atoms with Crippen LogP contribution in [0.5, 0.6) is 0 Å². The predicted molar refractivity (Wildman–Crippen MR) is 64.8 cm³/mol. The standard InChI is InChI=1S/C14H21N/c1-3-13(12-7-5-4-6-8-12)15-11-14(2)9-10-14/h4-8,13,15H,3,9-11H2,1-2H3. The molecule has 0 amide bonds. The molecule has 0 spiro atoms. The van der Waals surface area contributed by atoms with Crippen LogP contribution in [0.1, 0.15) is 44.7 Å². The fraction of sp³-hybridized carbons (Fsp3) is 0.571. The van der Waals surface area contributed by atoms with Gasteiger partial charge < -0.3 is 5.32 Å². The van der Waals surface area contributed by atoms with Crippen LogP contribution in [-0.4, -0.2) is 6.54 Å². The molecule has 15 heavy (non-hydrogen) atoms. The molecule has 0 aromatic heterocycles. The second kappa shape index (κ2) is 4.36. The molecule has 0 heterocycles. The SMILES string of the molecule is CCC(NCC1(C)CC1)c1ccccc1. The van der Waals surface area contributed by atoms with Gasteiger partial charge in [0.15, 0.2) is 0 Å². The van der Waals surface area contributed by atoms with E-state index in [-0.39, 0.29) is 0 Å². The fourth-order valence-electron chi connectivity index (χ4n) is 1.94. The summed E-state index contributed by atoms with van der Waals surface area (Å²) in [5, 5.41) is 3.69.